The number of rotatable bonds is 12. The Balaban J connectivity index is 0.00000334. The summed E-state index contributed by atoms with van der Waals surface area (Å²) in [5, 5.41) is 0.599. The number of ether oxygens (including phenoxy) is 1. The quantitative estimate of drug-likeness (QED) is 0.160. The Morgan fingerprint density at radius 3 is 2.24 bits per heavy atom. The van der Waals surface area contributed by atoms with E-state index in [1.54, 1.807) is 24.1 Å². The number of benzene rings is 2. The molecule has 1 amide bonds. The second-order valence-electron chi connectivity index (χ2n) is 8.51. The van der Waals surface area contributed by atoms with Crippen LogP contribution < -0.4 is 4.90 Å². The molecule has 37 heavy (non-hydrogen) atoms. The van der Waals surface area contributed by atoms with Crippen LogP contribution in [0.4, 0.5) is 5.69 Å². The number of methoxy groups -OCH3 is 1. The van der Waals surface area contributed by atoms with Crippen molar-refractivity contribution in [3.05, 3.63) is 88.7 Å². The second-order valence-corrected chi connectivity index (χ2v) is 8.94. The van der Waals surface area contributed by atoms with Crippen molar-refractivity contribution in [1.82, 2.24) is 4.90 Å². The maximum absolute atomic E-state index is 13.8. The van der Waals surface area contributed by atoms with Crippen LogP contribution in [0.1, 0.15) is 68.9 Å². The van der Waals surface area contributed by atoms with Gasteiger partial charge in [0.2, 0.25) is 0 Å². The van der Waals surface area contributed by atoms with Crippen molar-refractivity contribution in [2.75, 3.05) is 31.7 Å². The van der Waals surface area contributed by atoms with Gasteiger partial charge in [0.1, 0.15) is 5.84 Å². The van der Waals surface area contributed by atoms with Gasteiger partial charge in [-0.1, -0.05) is 71.0 Å². The minimum atomic E-state index is -0.158. The van der Waals surface area contributed by atoms with E-state index in [4.69, 9.17) is 21.3 Å². The fourth-order valence-corrected chi connectivity index (χ4v) is 3.90. The zero-order chi connectivity index (χ0) is 28.0. The molecule has 6 heteroatoms. The van der Waals surface area contributed by atoms with Crippen LogP contribution in [0.2, 0.25) is 5.02 Å². The van der Waals surface area contributed by atoms with Crippen LogP contribution >= 0.6 is 11.6 Å². The third-order valence-electron chi connectivity index (χ3n) is 5.90. The van der Waals surface area contributed by atoms with E-state index in [1.807, 2.05) is 52.0 Å². The summed E-state index contributed by atoms with van der Waals surface area (Å²) in [5.41, 5.74) is 4.66. The molecule has 202 valence electrons. The number of aryl methyl sites for hydroxylation is 2. The first-order chi connectivity index (χ1) is 17.7. The summed E-state index contributed by atoms with van der Waals surface area (Å²) in [6.07, 6.45) is 3.01. The Morgan fingerprint density at radius 1 is 1.05 bits per heavy atom. The minimum Gasteiger partial charge on any atom is -0.383 e. The lowest BCUT2D eigenvalue weighted by Crippen LogP contribution is -2.36. The van der Waals surface area contributed by atoms with Crippen LogP contribution in [0.25, 0.3) is 0 Å². The fraction of sp³-hybridized carbons (Fsp3) is 0.419. The SMILES string of the molecule is C=C(N=C(C)N(C(=O)c1ccc(CC)cc1C)c1ccc(Cl)cc1)C(=C)N(CCCC)CCOC.CC. The molecule has 0 radical (unpaired) electrons. The second kappa shape index (κ2) is 16.8. The van der Waals surface area contributed by atoms with Crippen LogP contribution in [-0.4, -0.2) is 43.4 Å². The number of halogens is 1. The number of amides is 1. The summed E-state index contributed by atoms with van der Waals surface area (Å²) in [7, 11) is 1.68. The van der Waals surface area contributed by atoms with Gasteiger partial charge in [0.15, 0.2) is 0 Å². The molecule has 0 spiro atoms. The Hall–Kier alpha value is -2.89. The number of anilines is 1. The molecule has 0 aliphatic rings. The largest absolute Gasteiger partial charge is 0.383 e. The number of hydrogen-bond acceptors (Lipinski definition) is 4. The van der Waals surface area contributed by atoms with E-state index in [2.05, 4.69) is 38.0 Å². The predicted molar refractivity (Wildman–Crippen MR) is 160 cm³/mol. The normalized spacial score (nSPS) is 10.9. The monoisotopic (exact) mass is 525 g/mol. The highest BCUT2D eigenvalue weighted by molar-refractivity contribution is 6.30. The molecule has 0 fully saturated rings. The summed E-state index contributed by atoms with van der Waals surface area (Å²) in [6.45, 7) is 22.6. The molecule has 5 nitrogen and oxygen atoms in total. The molecule has 0 heterocycles. The first kappa shape index (κ1) is 32.1. The van der Waals surface area contributed by atoms with Gasteiger partial charge in [0.05, 0.1) is 23.7 Å². The highest BCUT2D eigenvalue weighted by Gasteiger charge is 2.23. The van der Waals surface area contributed by atoms with Crippen molar-refractivity contribution in [2.24, 2.45) is 4.99 Å². The van der Waals surface area contributed by atoms with Gasteiger partial charge in [0, 0.05) is 30.8 Å². The molecule has 0 bridgehead atoms. The van der Waals surface area contributed by atoms with E-state index in [-0.39, 0.29) is 5.91 Å². The molecule has 0 unspecified atom stereocenters. The van der Waals surface area contributed by atoms with Crippen molar-refractivity contribution in [1.29, 1.82) is 0 Å². The molecule has 0 aliphatic carbocycles. The van der Waals surface area contributed by atoms with Crippen LogP contribution in [0.3, 0.4) is 0 Å². The standard InChI is InChI=1S/C29H38ClN3O2.C2H6/c1-8-10-17-32(18-19-35-7)23(5)22(4)31-24(6)33(27-14-12-26(30)13-15-27)29(34)28-16-11-25(9-2)20-21(28)3;1-2/h11-16,20H,4-5,8-10,17-19H2,1-3,6-7H3;1-2H3. The Labute approximate surface area is 229 Å². The lowest BCUT2D eigenvalue weighted by Gasteiger charge is -2.28. The lowest BCUT2D eigenvalue weighted by molar-refractivity contribution is 0.100. The van der Waals surface area contributed by atoms with Gasteiger partial charge in [0.25, 0.3) is 5.91 Å². The number of carbonyl (C=O) groups excluding carboxylic acids is 1. The van der Waals surface area contributed by atoms with Crippen LogP contribution in [-0.2, 0) is 11.2 Å². The average molecular weight is 526 g/mol. The summed E-state index contributed by atoms with van der Waals surface area (Å²) in [4.78, 5) is 22.3. The van der Waals surface area contributed by atoms with E-state index in [9.17, 15) is 4.79 Å². The average Bonchev–Trinajstić information content (AvgIpc) is 2.90. The number of nitrogens with zero attached hydrogens (tertiary/aromatic N) is 3. The maximum atomic E-state index is 13.8. The third kappa shape index (κ3) is 9.49. The molecule has 0 N–H and O–H groups in total. The Kier molecular flexibility index (Phi) is 14.6. The van der Waals surface area contributed by atoms with Crippen molar-refractivity contribution < 1.29 is 9.53 Å². The number of aliphatic imine (C=N–C) groups is 1. The molecule has 2 rings (SSSR count). The summed E-state index contributed by atoms with van der Waals surface area (Å²) in [6, 6.07) is 13.1. The number of unbranched alkanes of at least 4 members (excludes halogenated alkanes) is 1. The summed E-state index contributed by atoms with van der Waals surface area (Å²) < 4.78 is 5.27. The van der Waals surface area contributed by atoms with Crippen LogP contribution in [0.5, 0.6) is 0 Å². The van der Waals surface area contributed by atoms with Gasteiger partial charge in [-0.3, -0.25) is 9.69 Å². The maximum Gasteiger partial charge on any atom is 0.264 e. The van der Waals surface area contributed by atoms with E-state index >= 15 is 0 Å². The van der Waals surface area contributed by atoms with E-state index in [0.717, 1.165) is 37.1 Å². The molecule has 2 aromatic carbocycles. The van der Waals surface area contributed by atoms with Gasteiger partial charge >= 0.3 is 0 Å². The Morgan fingerprint density at radius 2 is 1.70 bits per heavy atom. The van der Waals surface area contributed by atoms with Crippen molar-refractivity contribution in [3.63, 3.8) is 0 Å². The van der Waals surface area contributed by atoms with E-state index in [1.165, 1.54) is 5.56 Å². The minimum absolute atomic E-state index is 0.158. The first-order valence-corrected chi connectivity index (χ1v) is 13.5. The first-order valence-electron chi connectivity index (χ1n) is 13.1. The number of amidine groups is 1. The van der Waals surface area contributed by atoms with Gasteiger partial charge < -0.3 is 9.64 Å². The summed E-state index contributed by atoms with van der Waals surface area (Å²) in [5.74, 6) is 0.346. The molecule has 0 aliphatic heterocycles. The van der Waals surface area contributed by atoms with Crippen molar-refractivity contribution in [3.8, 4) is 0 Å². The van der Waals surface area contributed by atoms with E-state index < -0.39 is 0 Å². The van der Waals surface area contributed by atoms with Gasteiger partial charge in [-0.2, -0.15) is 0 Å². The molecular formula is C31H44ClN3O2. The van der Waals surface area contributed by atoms with Gasteiger partial charge in [-0.15, -0.1) is 0 Å². The van der Waals surface area contributed by atoms with Crippen molar-refractivity contribution >= 4 is 29.0 Å². The van der Waals surface area contributed by atoms with Gasteiger partial charge in [-0.05, 0) is 68.1 Å². The molecule has 0 aromatic heterocycles. The highest BCUT2D eigenvalue weighted by Crippen LogP contribution is 2.24. The lowest BCUT2D eigenvalue weighted by atomic mass is 10.0. The zero-order valence-electron chi connectivity index (χ0n) is 23.7. The molecule has 2 aromatic rings. The molecule has 0 saturated carbocycles. The van der Waals surface area contributed by atoms with Crippen molar-refractivity contribution in [2.45, 2.75) is 60.8 Å². The summed E-state index contributed by atoms with van der Waals surface area (Å²) >= 11 is 6.12. The zero-order valence-corrected chi connectivity index (χ0v) is 24.5. The molecule has 0 atom stereocenters. The topological polar surface area (TPSA) is 45.1 Å². The third-order valence-corrected chi connectivity index (χ3v) is 6.15. The number of hydrogen-bond donors (Lipinski definition) is 0. The number of carbonyl (C=O) groups is 1. The fourth-order valence-electron chi connectivity index (χ4n) is 3.77. The van der Waals surface area contributed by atoms with Gasteiger partial charge in [-0.25, -0.2) is 4.99 Å². The smallest absolute Gasteiger partial charge is 0.264 e. The van der Waals surface area contributed by atoms with Crippen LogP contribution in [0, 0.1) is 6.92 Å². The van der Waals surface area contributed by atoms with Crippen LogP contribution in [0.15, 0.2) is 72.0 Å². The van der Waals surface area contributed by atoms with E-state index in [0.29, 0.717) is 41.0 Å². The highest BCUT2D eigenvalue weighted by atomic mass is 35.5. The Bertz CT molecular complexity index is 1050. The predicted octanol–water partition coefficient (Wildman–Crippen LogP) is 8.08. The molecule has 0 saturated heterocycles. The molecular weight excluding hydrogens is 482 g/mol.